The summed E-state index contributed by atoms with van der Waals surface area (Å²) in [5, 5.41) is 8.63. The Morgan fingerprint density at radius 3 is 1.41 bits per heavy atom. The van der Waals surface area contributed by atoms with Crippen LogP contribution in [-0.4, -0.2) is 22.6 Å². The summed E-state index contributed by atoms with van der Waals surface area (Å²) >= 11 is 0. The molecule has 0 aliphatic heterocycles. The largest absolute Gasteiger partial charge is 0.450 e. The van der Waals surface area contributed by atoms with Crippen molar-refractivity contribution < 1.29 is 4.42 Å². The molecular weight excluding hydrogens is 639 g/mol. The maximum absolute atomic E-state index is 6.57. The molecule has 0 radical (unpaired) electrons. The van der Waals surface area contributed by atoms with Gasteiger partial charge < -0.3 is 4.42 Å². The van der Waals surface area contributed by atoms with E-state index in [0.29, 0.717) is 11.4 Å². The highest BCUT2D eigenvalue weighted by molar-refractivity contribution is 7.19. The number of hydrogen-bond donors (Lipinski definition) is 0. The van der Waals surface area contributed by atoms with Gasteiger partial charge in [-0.2, -0.15) is 0 Å². The molecule has 0 unspecified atom stereocenters. The molecule has 0 saturated carbocycles. The Morgan fingerprint density at radius 2 is 0.863 bits per heavy atom. The third-order valence-electron chi connectivity index (χ3n) is 10.2. The molecule has 3 aromatic heterocycles. The van der Waals surface area contributed by atoms with E-state index < -0.39 is 8.07 Å². The van der Waals surface area contributed by atoms with Crippen LogP contribution in [0.15, 0.2) is 192 Å². The summed E-state index contributed by atoms with van der Waals surface area (Å²) in [6, 6.07) is 67.1. The van der Waals surface area contributed by atoms with Crippen molar-refractivity contribution in [1.82, 2.24) is 14.5 Å². The van der Waals surface area contributed by atoms with E-state index in [1.165, 1.54) is 31.5 Å². The van der Waals surface area contributed by atoms with Crippen molar-refractivity contribution in [2.75, 3.05) is 0 Å². The second-order valence-electron chi connectivity index (χ2n) is 12.9. The summed E-state index contributed by atoms with van der Waals surface area (Å²) in [7, 11) is -2.67. The molecule has 0 fully saturated rings. The van der Waals surface area contributed by atoms with Gasteiger partial charge in [-0.15, -0.1) is 0 Å². The van der Waals surface area contributed by atoms with E-state index in [-0.39, 0.29) is 0 Å². The Labute approximate surface area is 295 Å². The Bertz CT molecular complexity index is 2690. The van der Waals surface area contributed by atoms with Gasteiger partial charge in [0.05, 0.1) is 11.0 Å². The average Bonchev–Trinajstić information content (AvgIpc) is 3.75. The molecule has 4 nitrogen and oxygen atoms in total. The van der Waals surface area contributed by atoms with E-state index in [2.05, 4.69) is 174 Å². The maximum Gasteiger partial charge on any atom is 0.197 e. The number of para-hydroxylation sites is 3. The second kappa shape index (κ2) is 11.8. The molecule has 5 heteroatoms. The van der Waals surface area contributed by atoms with Crippen LogP contribution in [0.3, 0.4) is 0 Å². The van der Waals surface area contributed by atoms with Gasteiger partial charge in [0.15, 0.2) is 25.3 Å². The summed E-state index contributed by atoms with van der Waals surface area (Å²) in [5.74, 6) is 1.39. The minimum atomic E-state index is -2.67. The summed E-state index contributed by atoms with van der Waals surface area (Å²) in [5.41, 5.74) is 5.37. The highest BCUT2D eigenvalue weighted by Gasteiger charge is 2.41. The SMILES string of the molecule is c1ccc([Si](c2ccccc2)(c2ccccc2)c2ccc(-c3nc(-n4c5ccccc5c5ccccc54)c4oc5ccccc5c4n3)cc2)cc1. The number of aromatic nitrogens is 3. The summed E-state index contributed by atoms with van der Waals surface area (Å²) in [6.45, 7) is 0. The van der Waals surface area contributed by atoms with Crippen molar-refractivity contribution in [2.45, 2.75) is 0 Å². The first-order valence-electron chi connectivity index (χ1n) is 17.3. The molecule has 0 N–H and O–H groups in total. The average molecular weight is 670 g/mol. The van der Waals surface area contributed by atoms with Gasteiger partial charge in [0.2, 0.25) is 0 Å². The molecule has 10 aromatic rings. The van der Waals surface area contributed by atoms with E-state index in [1.54, 1.807) is 0 Å². The number of furan rings is 1. The van der Waals surface area contributed by atoms with Gasteiger partial charge in [-0.05, 0) is 45.0 Å². The lowest BCUT2D eigenvalue weighted by molar-refractivity contribution is 0.662. The third kappa shape index (κ3) is 4.52. The van der Waals surface area contributed by atoms with Crippen molar-refractivity contribution in [3.63, 3.8) is 0 Å². The van der Waals surface area contributed by atoms with Gasteiger partial charge in [0.1, 0.15) is 11.1 Å². The van der Waals surface area contributed by atoms with Gasteiger partial charge in [-0.3, -0.25) is 4.57 Å². The molecule has 0 spiro atoms. The van der Waals surface area contributed by atoms with Gasteiger partial charge >= 0.3 is 0 Å². The topological polar surface area (TPSA) is 43.9 Å². The minimum absolute atomic E-state index is 0.656. The number of benzene rings is 7. The number of hydrogen-bond acceptors (Lipinski definition) is 3. The zero-order valence-electron chi connectivity index (χ0n) is 27.6. The quantitative estimate of drug-likeness (QED) is 0.132. The Kier molecular flexibility index (Phi) is 6.79. The van der Waals surface area contributed by atoms with E-state index in [0.717, 1.165) is 38.9 Å². The summed E-state index contributed by atoms with van der Waals surface area (Å²) < 4.78 is 8.80. The Hall–Kier alpha value is -6.56. The molecular formula is C46H31N3OSi. The fourth-order valence-electron chi connectivity index (χ4n) is 7.94. The molecule has 0 amide bonds. The zero-order chi connectivity index (χ0) is 33.8. The van der Waals surface area contributed by atoms with Gasteiger partial charge in [-0.25, -0.2) is 9.97 Å². The van der Waals surface area contributed by atoms with Gasteiger partial charge in [-0.1, -0.05) is 164 Å². The van der Waals surface area contributed by atoms with Crippen molar-refractivity contribution in [1.29, 1.82) is 0 Å². The maximum atomic E-state index is 6.57. The van der Waals surface area contributed by atoms with Crippen LogP contribution in [0.1, 0.15) is 0 Å². The minimum Gasteiger partial charge on any atom is -0.450 e. The van der Waals surface area contributed by atoms with Crippen LogP contribution < -0.4 is 20.7 Å². The lowest BCUT2D eigenvalue weighted by Crippen LogP contribution is -2.74. The molecule has 0 bridgehead atoms. The fraction of sp³-hybridized carbons (Fsp3) is 0. The predicted molar refractivity (Wildman–Crippen MR) is 213 cm³/mol. The van der Waals surface area contributed by atoms with Crippen molar-refractivity contribution >= 4 is 72.7 Å². The molecule has 3 heterocycles. The lowest BCUT2D eigenvalue weighted by atomic mass is 10.2. The molecule has 0 saturated heterocycles. The van der Waals surface area contributed by atoms with Crippen LogP contribution in [0.2, 0.25) is 0 Å². The van der Waals surface area contributed by atoms with Crippen molar-refractivity contribution in [3.8, 4) is 17.2 Å². The van der Waals surface area contributed by atoms with E-state index in [1.807, 2.05) is 18.2 Å². The molecule has 0 aliphatic rings. The molecule has 0 aliphatic carbocycles. The normalized spacial score (nSPS) is 11.9. The monoisotopic (exact) mass is 669 g/mol. The smallest absolute Gasteiger partial charge is 0.197 e. The predicted octanol–water partition coefficient (Wildman–Crippen LogP) is 8.52. The number of fused-ring (bicyclic) bond motifs is 6. The molecule has 0 atom stereocenters. The second-order valence-corrected chi connectivity index (χ2v) is 16.8. The van der Waals surface area contributed by atoms with Crippen LogP contribution >= 0.6 is 0 Å². The zero-order valence-corrected chi connectivity index (χ0v) is 28.6. The lowest BCUT2D eigenvalue weighted by Gasteiger charge is -2.34. The van der Waals surface area contributed by atoms with Crippen LogP contribution in [-0.2, 0) is 0 Å². The van der Waals surface area contributed by atoms with E-state index in [4.69, 9.17) is 14.4 Å². The highest BCUT2D eigenvalue weighted by atomic mass is 28.3. The first-order valence-corrected chi connectivity index (χ1v) is 19.3. The van der Waals surface area contributed by atoms with Crippen molar-refractivity contribution in [3.05, 3.63) is 188 Å². The number of rotatable bonds is 6. The molecule has 51 heavy (non-hydrogen) atoms. The van der Waals surface area contributed by atoms with Gasteiger partial charge in [0, 0.05) is 21.7 Å². The van der Waals surface area contributed by atoms with Gasteiger partial charge in [0.25, 0.3) is 0 Å². The molecule has 10 rings (SSSR count). The van der Waals surface area contributed by atoms with Crippen molar-refractivity contribution in [2.24, 2.45) is 0 Å². The summed E-state index contributed by atoms with van der Waals surface area (Å²) in [6.07, 6.45) is 0. The number of nitrogens with zero attached hydrogens (tertiary/aromatic N) is 3. The summed E-state index contributed by atoms with van der Waals surface area (Å²) in [4.78, 5) is 10.6. The van der Waals surface area contributed by atoms with Crippen LogP contribution in [0.25, 0.3) is 61.1 Å². The highest BCUT2D eigenvalue weighted by Crippen LogP contribution is 2.37. The first-order chi connectivity index (χ1) is 25.3. The Balaban J connectivity index is 1.22. The van der Waals surface area contributed by atoms with Crippen LogP contribution in [0.4, 0.5) is 0 Å². The van der Waals surface area contributed by atoms with Crippen LogP contribution in [0.5, 0.6) is 0 Å². The first kappa shape index (κ1) is 29.4. The van der Waals surface area contributed by atoms with E-state index >= 15 is 0 Å². The molecule has 7 aromatic carbocycles. The third-order valence-corrected chi connectivity index (χ3v) is 15.0. The van der Waals surface area contributed by atoms with E-state index in [9.17, 15) is 0 Å². The van der Waals surface area contributed by atoms with Crippen LogP contribution in [0, 0.1) is 0 Å². The Morgan fingerprint density at radius 1 is 0.412 bits per heavy atom. The standard InChI is InChI=1S/C46H31N3OSi/c1-4-16-33(17-5-1)51(34-18-6-2-7-19-34,35-20-8-3-9-21-35)36-30-28-32(29-31-36)45-47-43-39-24-12-15-27-42(39)50-44(43)46(48-45)49-40-25-13-10-22-37(40)38-23-11-14-26-41(38)49/h1-31H. The molecule has 240 valence electrons. The fourth-order valence-corrected chi connectivity index (χ4v) is 12.7.